The Kier molecular flexibility index (Phi) is 8.58. The first-order valence-electron chi connectivity index (χ1n) is 12.2. The smallest absolute Gasteiger partial charge is 0.306 e. The maximum atomic E-state index is 12.5. The Hall–Kier alpha value is -2.60. The number of carbonyl (C=O) groups excluding carboxylic acids is 1. The first-order valence-corrected chi connectivity index (χ1v) is 12.5. The van der Waals surface area contributed by atoms with Crippen molar-refractivity contribution in [1.29, 1.82) is 0 Å². The molecule has 1 atom stereocenters. The van der Waals surface area contributed by atoms with Gasteiger partial charge >= 0.3 is 5.97 Å². The molecule has 0 fully saturated rings. The average molecular weight is 486 g/mol. The molecule has 1 heterocycles. The van der Waals surface area contributed by atoms with Crippen LogP contribution in [0.25, 0.3) is 16.7 Å². The molecular weight excluding hydrogens is 450 g/mol. The van der Waals surface area contributed by atoms with Crippen LogP contribution in [0, 0.1) is 5.92 Å². The normalized spacial score (nSPS) is 12.8. The minimum atomic E-state index is -0.210. The van der Waals surface area contributed by atoms with E-state index in [0.717, 1.165) is 36.8 Å². The highest BCUT2D eigenvalue weighted by molar-refractivity contribution is 6.31. The van der Waals surface area contributed by atoms with Crippen LogP contribution >= 0.6 is 11.6 Å². The van der Waals surface area contributed by atoms with Gasteiger partial charge in [0.15, 0.2) is 0 Å². The topological polar surface area (TPSA) is 77.2 Å². The molecule has 0 aliphatic rings. The number of halogens is 1. The fourth-order valence-corrected chi connectivity index (χ4v) is 4.26. The van der Waals surface area contributed by atoms with E-state index in [4.69, 9.17) is 16.3 Å². The Morgan fingerprint density at radius 2 is 1.88 bits per heavy atom. The zero-order chi connectivity index (χ0) is 24.9. The van der Waals surface area contributed by atoms with Gasteiger partial charge in [-0.25, -0.2) is 0 Å². The molecule has 0 aliphatic carbocycles. The molecule has 1 N–H and O–H groups in total. The van der Waals surface area contributed by atoms with Crippen LogP contribution in [-0.4, -0.2) is 32.7 Å². The minimum absolute atomic E-state index is 0.0874. The van der Waals surface area contributed by atoms with E-state index in [1.54, 1.807) is 24.3 Å². The second-order valence-electron chi connectivity index (χ2n) is 9.97. The lowest BCUT2D eigenvalue weighted by molar-refractivity contribution is -0.145. The van der Waals surface area contributed by atoms with Gasteiger partial charge in [-0.05, 0) is 65.6 Å². The van der Waals surface area contributed by atoms with Gasteiger partial charge in [0.1, 0.15) is 22.5 Å². The third kappa shape index (κ3) is 6.50. The number of esters is 1. The monoisotopic (exact) mass is 485 g/mol. The minimum Gasteiger partial charge on any atom is -0.506 e. The fraction of sp³-hybridized carbons (Fsp3) is 0.519. The maximum Gasteiger partial charge on any atom is 0.306 e. The summed E-state index contributed by atoms with van der Waals surface area (Å²) in [4.78, 5) is 13.9. The third-order valence-corrected chi connectivity index (χ3v) is 6.42. The Bertz CT molecular complexity index is 1130. The van der Waals surface area contributed by atoms with Crippen molar-refractivity contribution in [2.75, 3.05) is 6.61 Å². The lowest BCUT2D eigenvalue weighted by atomic mass is 9.82. The molecule has 0 saturated carbocycles. The highest BCUT2D eigenvalue weighted by Crippen LogP contribution is 2.34. The number of phenolic OH excluding ortho intramolecular Hbond substituents is 1. The molecular formula is C27H36ClN3O3. The average Bonchev–Trinajstić information content (AvgIpc) is 3.20. The Balaban J connectivity index is 1.81. The predicted octanol–water partition coefficient (Wildman–Crippen LogP) is 6.77. The van der Waals surface area contributed by atoms with Gasteiger partial charge in [-0.1, -0.05) is 65.5 Å². The zero-order valence-electron chi connectivity index (χ0n) is 20.9. The Morgan fingerprint density at radius 3 is 2.56 bits per heavy atom. The van der Waals surface area contributed by atoms with E-state index in [2.05, 4.69) is 44.8 Å². The van der Waals surface area contributed by atoms with Crippen molar-refractivity contribution < 1.29 is 14.6 Å². The molecule has 1 unspecified atom stereocenters. The molecule has 3 aromatic rings. The van der Waals surface area contributed by atoms with Crippen LogP contribution in [-0.2, 0) is 21.4 Å². The van der Waals surface area contributed by atoms with Crippen LogP contribution in [0.1, 0.15) is 77.8 Å². The number of carbonyl (C=O) groups is 1. The van der Waals surface area contributed by atoms with Gasteiger partial charge in [0.25, 0.3) is 0 Å². The lowest BCUT2D eigenvalue weighted by Crippen LogP contribution is -2.17. The van der Waals surface area contributed by atoms with E-state index >= 15 is 0 Å². The number of nitrogens with zero attached hydrogens (tertiary/aromatic N) is 3. The summed E-state index contributed by atoms with van der Waals surface area (Å²) in [5.74, 6) is 0.314. The number of hydrogen-bond donors (Lipinski definition) is 1. The van der Waals surface area contributed by atoms with Gasteiger partial charge in [0.05, 0.1) is 6.61 Å². The summed E-state index contributed by atoms with van der Waals surface area (Å²) in [5, 5.41) is 20.4. The van der Waals surface area contributed by atoms with E-state index in [1.807, 2.05) is 6.07 Å². The molecule has 0 radical (unpaired) electrons. The standard InChI is InChI=1S/C27H36ClN3O3/c1-6-8-9-18(7-2)17-34-26(33)13-10-19-14-24(25(32)16-21(19)27(3,4)5)31-29-22-12-11-20(28)15-23(22)30-31/h11-12,14-16,18,32H,6-10,13,17H2,1-5H3. The maximum absolute atomic E-state index is 12.5. The van der Waals surface area contributed by atoms with Crippen molar-refractivity contribution in [3.8, 4) is 11.4 Å². The summed E-state index contributed by atoms with van der Waals surface area (Å²) in [6.45, 7) is 11.1. The van der Waals surface area contributed by atoms with Crippen molar-refractivity contribution in [2.45, 2.75) is 78.6 Å². The van der Waals surface area contributed by atoms with Gasteiger partial charge in [0.2, 0.25) is 0 Å². The molecule has 0 amide bonds. The molecule has 184 valence electrons. The van der Waals surface area contributed by atoms with Crippen molar-refractivity contribution in [2.24, 2.45) is 5.92 Å². The van der Waals surface area contributed by atoms with Crippen LogP contribution < -0.4 is 0 Å². The van der Waals surface area contributed by atoms with Gasteiger partial charge in [-0.3, -0.25) is 4.79 Å². The number of aromatic nitrogens is 3. The second-order valence-corrected chi connectivity index (χ2v) is 10.4. The fourth-order valence-electron chi connectivity index (χ4n) is 4.10. The quantitative estimate of drug-likeness (QED) is 0.320. The molecule has 3 rings (SSSR count). The van der Waals surface area contributed by atoms with Gasteiger partial charge in [0, 0.05) is 11.4 Å². The summed E-state index contributed by atoms with van der Waals surface area (Å²) < 4.78 is 5.60. The van der Waals surface area contributed by atoms with Crippen molar-refractivity contribution in [3.05, 3.63) is 46.5 Å². The molecule has 0 spiro atoms. The number of aromatic hydroxyl groups is 1. The third-order valence-electron chi connectivity index (χ3n) is 6.19. The van der Waals surface area contributed by atoms with Crippen molar-refractivity contribution in [3.63, 3.8) is 0 Å². The first-order chi connectivity index (χ1) is 16.1. The summed E-state index contributed by atoms with van der Waals surface area (Å²) >= 11 is 6.08. The van der Waals surface area contributed by atoms with Crippen molar-refractivity contribution >= 4 is 28.6 Å². The molecule has 0 aliphatic heterocycles. The van der Waals surface area contributed by atoms with Crippen LogP contribution in [0.4, 0.5) is 0 Å². The lowest BCUT2D eigenvalue weighted by Gasteiger charge is -2.24. The van der Waals surface area contributed by atoms with Crippen LogP contribution in [0.5, 0.6) is 5.75 Å². The van der Waals surface area contributed by atoms with E-state index in [0.29, 0.717) is 40.7 Å². The van der Waals surface area contributed by atoms with E-state index in [1.165, 1.54) is 4.80 Å². The van der Waals surface area contributed by atoms with Gasteiger partial charge in [-0.2, -0.15) is 0 Å². The first kappa shape index (κ1) is 26.0. The number of aryl methyl sites for hydroxylation is 1. The summed E-state index contributed by atoms with van der Waals surface area (Å²) in [6, 6.07) is 8.92. The largest absolute Gasteiger partial charge is 0.506 e. The number of unbranched alkanes of at least 4 members (excludes halogenated alkanes) is 1. The number of rotatable bonds is 10. The summed E-state index contributed by atoms with van der Waals surface area (Å²) in [7, 11) is 0. The van der Waals surface area contributed by atoms with Crippen LogP contribution in [0.2, 0.25) is 5.02 Å². The Labute approximate surface area is 207 Å². The molecule has 2 aromatic carbocycles. The number of phenols is 1. The number of benzene rings is 2. The molecule has 0 bridgehead atoms. The van der Waals surface area contributed by atoms with Gasteiger partial charge in [-0.15, -0.1) is 15.0 Å². The van der Waals surface area contributed by atoms with Crippen LogP contribution in [0.3, 0.4) is 0 Å². The summed E-state index contributed by atoms with van der Waals surface area (Å²) in [6.07, 6.45) is 5.20. The van der Waals surface area contributed by atoms with Crippen LogP contribution in [0.15, 0.2) is 30.3 Å². The molecule has 6 nitrogen and oxygen atoms in total. The second kappa shape index (κ2) is 11.2. The molecule has 1 aromatic heterocycles. The number of ether oxygens (including phenoxy) is 1. The van der Waals surface area contributed by atoms with Gasteiger partial charge < -0.3 is 9.84 Å². The summed E-state index contributed by atoms with van der Waals surface area (Å²) in [5.41, 5.74) is 3.53. The molecule has 0 saturated heterocycles. The molecule has 7 heteroatoms. The number of hydrogen-bond acceptors (Lipinski definition) is 5. The highest BCUT2D eigenvalue weighted by Gasteiger charge is 2.23. The predicted molar refractivity (Wildman–Crippen MR) is 137 cm³/mol. The van der Waals surface area contributed by atoms with E-state index in [9.17, 15) is 9.90 Å². The zero-order valence-corrected chi connectivity index (χ0v) is 21.7. The SMILES string of the molecule is CCCCC(CC)COC(=O)CCc1cc(-n2nc3ccc(Cl)cc3n2)c(O)cc1C(C)(C)C. The van der Waals surface area contributed by atoms with E-state index in [-0.39, 0.29) is 23.6 Å². The highest BCUT2D eigenvalue weighted by atomic mass is 35.5. The molecule has 34 heavy (non-hydrogen) atoms. The van der Waals surface area contributed by atoms with Crippen molar-refractivity contribution in [1.82, 2.24) is 15.0 Å². The Morgan fingerprint density at radius 1 is 1.15 bits per heavy atom. The van der Waals surface area contributed by atoms with E-state index < -0.39 is 0 Å². The number of fused-ring (bicyclic) bond motifs is 1.